The van der Waals surface area contributed by atoms with Crippen LogP contribution in [-0.2, 0) is 12.7 Å². The second-order valence-corrected chi connectivity index (χ2v) is 10.5. The molecule has 10 heteroatoms. The summed E-state index contributed by atoms with van der Waals surface area (Å²) in [6.45, 7) is 3.56. The van der Waals surface area contributed by atoms with E-state index in [0.717, 1.165) is 37.6 Å². The number of piperidine rings is 1. The molecule has 1 saturated heterocycles. The normalized spacial score (nSPS) is 14.7. The van der Waals surface area contributed by atoms with E-state index in [9.17, 15) is 18.0 Å². The Kier molecular flexibility index (Phi) is 8.10. The van der Waals surface area contributed by atoms with Gasteiger partial charge in [0, 0.05) is 35.6 Å². The molecule has 2 aromatic heterocycles. The van der Waals surface area contributed by atoms with Crippen molar-refractivity contribution in [3.63, 3.8) is 0 Å². The molecule has 0 atom stereocenters. The topological polar surface area (TPSA) is 65.8 Å². The number of carbonyl (C=O) groups excluding carboxylic acids is 1. The van der Waals surface area contributed by atoms with Crippen molar-refractivity contribution in [2.75, 3.05) is 32.5 Å². The molecule has 0 unspecified atom stereocenters. The number of benzene rings is 2. The van der Waals surface area contributed by atoms with Gasteiger partial charge in [-0.15, -0.1) is 10.2 Å². The molecule has 0 saturated carbocycles. The third-order valence-corrected chi connectivity index (χ3v) is 7.48. The van der Waals surface area contributed by atoms with Crippen LogP contribution < -0.4 is 5.32 Å². The first kappa shape index (κ1) is 28.3. The molecule has 3 heterocycles. The Bertz CT molecular complexity index is 1620. The zero-order valence-electron chi connectivity index (χ0n) is 23.2. The van der Waals surface area contributed by atoms with Crippen molar-refractivity contribution in [3.8, 4) is 11.8 Å². The Morgan fingerprint density at radius 2 is 1.83 bits per heavy atom. The van der Waals surface area contributed by atoms with Gasteiger partial charge in [-0.25, -0.2) is 0 Å². The fourth-order valence-corrected chi connectivity index (χ4v) is 5.04. The quantitative estimate of drug-likeness (QED) is 0.339. The molecule has 0 bridgehead atoms. The molecule has 2 aromatic carbocycles. The second-order valence-electron chi connectivity index (χ2n) is 10.5. The third-order valence-electron chi connectivity index (χ3n) is 7.48. The van der Waals surface area contributed by atoms with Crippen LogP contribution in [0.5, 0.6) is 0 Å². The first-order chi connectivity index (χ1) is 19.6. The van der Waals surface area contributed by atoms with Crippen molar-refractivity contribution in [1.82, 2.24) is 24.4 Å². The van der Waals surface area contributed by atoms with Gasteiger partial charge in [0.05, 0.1) is 5.56 Å². The lowest BCUT2D eigenvalue weighted by Crippen LogP contribution is -2.41. The minimum absolute atomic E-state index is 0.0838. The van der Waals surface area contributed by atoms with Crippen LogP contribution in [0.3, 0.4) is 0 Å². The van der Waals surface area contributed by atoms with Gasteiger partial charge in [0.15, 0.2) is 5.65 Å². The molecule has 0 spiro atoms. The summed E-state index contributed by atoms with van der Waals surface area (Å²) in [5.74, 6) is 5.96. The van der Waals surface area contributed by atoms with E-state index in [0.29, 0.717) is 23.1 Å². The summed E-state index contributed by atoms with van der Waals surface area (Å²) < 4.78 is 43.9. The van der Waals surface area contributed by atoms with E-state index in [1.807, 2.05) is 45.4 Å². The van der Waals surface area contributed by atoms with Gasteiger partial charge in [-0.1, -0.05) is 24.1 Å². The van der Waals surface area contributed by atoms with Crippen molar-refractivity contribution < 1.29 is 18.0 Å². The number of halogens is 3. The molecule has 5 rings (SSSR count). The number of aryl methyl sites for hydroxylation is 1. The Balaban J connectivity index is 1.32. The molecule has 1 fully saturated rings. The van der Waals surface area contributed by atoms with Gasteiger partial charge in [-0.05, 0) is 100 Å². The lowest BCUT2D eigenvalue weighted by atomic mass is 10.0. The molecule has 1 aliphatic heterocycles. The Labute approximate surface area is 237 Å². The van der Waals surface area contributed by atoms with Crippen molar-refractivity contribution >= 4 is 17.2 Å². The number of nitrogens with zero attached hydrogens (tertiary/aromatic N) is 5. The first-order valence-corrected chi connectivity index (χ1v) is 13.4. The standard InChI is InChI=1S/C31H31F3N6O/c1-21-7-8-23(18-22(21)10-12-29-37-36-28-6-4-5-15-40(28)29)30(41)35-25-11-9-24(27(19-25)31(32,33)34)20-39-16-13-26(14-17-39)38(2)3/h4-9,11,15,18-19,26H,13-14,16-17,20H2,1-3H3,(H,35,41). The summed E-state index contributed by atoms with van der Waals surface area (Å²) in [6.07, 6.45) is -0.901. The highest BCUT2D eigenvalue weighted by atomic mass is 19.4. The van der Waals surface area contributed by atoms with Crippen LogP contribution in [-0.4, -0.2) is 63.5 Å². The van der Waals surface area contributed by atoms with Crippen molar-refractivity contribution in [3.05, 3.63) is 94.4 Å². The molecule has 1 aliphatic rings. The van der Waals surface area contributed by atoms with Gasteiger partial charge in [0.1, 0.15) is 0 Å². The lowest BCUT2D eigenvalue weighted by molar-refractivity contribution is -0.138. The molecule has 0 aliphatic carbocycles. The van der Waals surface area contributed by atoms with Gasteiger partial charge < -0.3 is 10.2 Å². The van der Waals surface area contributed by atoms with E-state index in [-0.39, 0.29) is 23.4 Å². The maximum atomic E-state index is 14.0. The number of alkyl halides is 3. The Morgan fingerprint density at radius 1 is 1.05 bits per heavy atom. The molecule has 212 valence electrons. The summed E-state index contributed by atoms with van der Waals surface area (Å²) in [4.78, 5) is 17.3. The number of rotatable bonds is 5. The minimum atomic E-state index is -4.55. The number of anilines is 1. The largest absolute Gasteiger partial charge is 0.416 e. The number of fused-ring (bicyclic) bond motifs is 1. The highest BCUT2D eigenvalue weighted by molar-refractivity contribution is 6.04. The fourth-order valence-electron chi connectivity index (χ4n) is 5.04. The molecular weight excluding hydrogens is 529 g/mol. The van der Waals surface area contributed by atoms with Crippen LogP contribution in [0.1, 0.15) is 51.3 Å². The smallest absolute Gasteiger partial charge is 0.322 e. The zero-order chi connectivity index (χ0) is 29.1. The van der Waals surface area contributed by atoms with E-state index in [1.165, 1.54) is 12.1 Å². The summed E-state index contributed by atoms with van der Waals surface area (Å²) in [7, 11) is 4.06. The molecule has 1 amide bonds. The van der Waals surface area contributed by atoms with Crippen molar-refractivity contribution in [2.45, 2.75) is 38.5 Å². The van der Waals surface area contributed by atoms with E-state index in [2.05, 4.69) is 37.2 Å². The fraction of sp³-hybridized carbons (Fsp3) is 0.323. The van der Waals surface area contributed by atoms with Gasteiger partial charge >= 0.3 is 6.18 Å². The van der Waals surface area contributed by atoms with E-state index < -0.39 is 17.6 Å². The van der Waals surface area contributed by atoms with Crippen LogP contribution in [0.25, 0.3) is 5.65 Å². The average molecular weight is 561 g/mol. The number of pyridine rings is 1. The number of likely N-dealkylation sites (tertiary alicyclic amines) is 1. The van der Waals surface area contributed by atoms with Crippen LogP contribution in [0, 0.1) is 18.8 Å². The highest BCUT2D eigenvalue weighted by Crippen LogP contribution is 2.35. The first-order valence-electron chi connectivity index (χ1n) is 13.4. The second kappa shape index (κ2) is 11.7. The minimum Gasteiger partial charge on any atom is -0.322 e. The summed E-state index contributed by atoms with van der Waals surface area (Å²) in [5, 5.41) is 10.8. The number of amides is 1. The lowest BCUT2D eigenvalue weighted by Gasteiger charge is -2.35. The molecule has 1 N–H and O–H groups in total. The van der Waals surface area contributed by atoms with Crippen LogP contribution in [0.2, 0.25) is 0 Å². The highest BCUT2D eigenvalue weighted by Gasteiger charge is 2.34. The van der Waals surface area contributed by atoms with Crippen LogP contribution >= 0.6 is 0 Å². The maximum Gasteiger partial charge on any atom is 0.416 e. The summed E-state index contributed by atoms with van der Waals surface area (Å²) in [6, 6.07) is 15.0. The van der Waals surface area contributed by atoms with Gasteiger partial charge in [-0.2, -0.15) is 13.2 Å². The summed E-state index contributed by atoms with van der Waals surface area (Å²) in [5.41, 5.74) is 1.96. The summed E-state index contributed by atoms with van der Waals surface area (Å²) >= 11 is 0. The van der Waals surface area contributed by atoms with E-state index in [4.69, 9.17) is 0 Å². The molecule has 41 heavy (non-hydrogen) atoms. The van der Waals surface area contributed by atoms with Crippen LogP contribution in [0.4, 0.5) is 18.9 Å². The Hall–Kier alpha value is -4.20. The predicted molar refractivity (Wildman–Crippen MR) is 152 cm³/mol. The molecule has 4 aromatic rings. The SMILES string of the molecule is Cc1ccc(C(=O)Nc2ccc(CN3CCC(N(C)C)CC3)c(C(F)(F)F)c2)cc1C#Cc1nnc2ccccn12. The van der Waals surface area contributed by atoms with Crippen molar-refractivity contribution in [1.29, 1.82) is 0 Å². The molecule has 7 nitrogen and oxygen atoms in total. The third kappa shape index (κ3) is 6.59. The number of hydrogen-bond acceptors (Lipinski definition) is 5. The zero-order valence-corrected chi connectivity index (χ0v) is 23.2. The number of carbonyl (C=O) groups is 1. The number of nitrogens with one attached hydrogen (secondary N) is 1. The van der Waals surface area contributed by atoms with Gasteiger partial charge in [-0.3, -0.25) is 14.1 Å². The number of aromatic nitrogens is 3. The van der Waals surface area contributed by atoms with E-state index in [1.54, 1.807) is 22.6 Å². The predicted octanol–water partition coefficient (Wildman–Crippen LogP) is 5.23. The van der Waals surface area contributed by atoms with Crippen molar-refractivity contribution in [2.24, 2.45) is 0 Å². The average Bonchev–Trinajstić information content (AvgIpc) is 3.36. The van der Waals surface area contributed by atoms with Gasteiger partial charge in [0.25, 0.3) is 5.91 Å². The van der Waals surface area contributed by atoms with Gasteiger partial charge in [0.2, 0.25) is 5.82 Å². The van der Waals surface area contributed by atoms with Crippen LogP contribution in [0.15, 0.2) is 60.8 Å². The Morgan fingerprint density at radius 3 is 2.56 bits per heavy atom. The maximum absolute atomic E-state index is 14.0. The molecular formula is C31H31F3N6O. The van der Waals surface area contributed by atoms with E-state index >= 15 is 0 Å². The molecule has 0 radical (unpaired) electrons. The number of hydrogen-bond donors (Lipinski definition) is 1. The monoisotopic (exact) mass is 560 g/mol.